The average molecular weight is 301 g/mol. The molecule has 0 aliphatic heterocycles. The lowest BCUT2D eigenvalue weighted by atomic mass is 10.2. The van der Waals surface area contributed by atoms with Gasteiger partial charge in [0.1, 0.15) is 5.56 Å². The standard InChI is InChI=1S/C11H9ClN2O4S/c12-19(17,18)10-9(11(15)16)6-13-14(10)7-8-4-2-1-3-5-8/h1-6H,7H2,(H,15,16). The van der Waals surface area contributed by atoms with Crippen LogP contribution < -0.4 is 0 Å². The van der Waals surface area contributed by atoms with Crippen LogP contribution in [0.15, 0.2) is 41.6 Å². The van der Waals surface area contributed by atoms with Crippen molar-refractivity contribution in [1.82, 2.24) is 9.78 Å². The van der Waals surface area contributed by atoms with Crippen LogP contribution in [0.2, 0.25) is 0 Å². The summed E-state index contributed by atoms with van der Waals surface area (Å²) >= 11 is 0. The van der Waals surface area contributed by atoms with Crippen LogP contribution in [0, 0.1) is 0 Å². The van der Waals surface area contributed by atoms with E-state index in [0.29, 0.717) is 0 Å². The maximum Gasteiger partial charge on any atom is 0.340 e. The maximum absolute atomic E-state index is 11.5. The van der Waals surface area contributed by atoms with Crippen molar-refractivity contribution in [3.8, 4) is 0 Å². The molecule has 0 saturated carbocycles. The molecule has 1 heterocycles. The summed E-state index contributed by atoms with van der Waals surface area (Å²) in [6.45, 7) is 0.120. The van der Waals surface area contributed by atoms with Gasteiger partial charge in [0.15, 0.2) is 5.03 Å². The molecule has 2 rings (SSSR count). The van der Waals surface area contributed by atoms with Crippen LogP contribution in [-0.2, 0) is 15.6 Å². The maximum atomic E-state index is 11.5. The molecule has 1 aromatic heterocycles. The van der Waals surface area contributed by atoms with Gasteiger partial charge in [-0.2, -0.15) is 5.10 Å². The third-order valence-corrected chi connectivity index (χ3v) is 3.76. The number of hydrogen-bond donors (Lipinski definition) is 1. The van der Waals surface area contributed by atoms with Crippen LogP contribution in [0.3, 0.4) is 0 Å². The van der Waals surface area contributed by atoms with Gasteiger partial charge in [-0.05, 0) is 5.56 Å². The van der Waals surface area contributed by atoms with Crippen LogP contribution >= 0.6 is 10.7 Å². The lowest BCUT2D eigenvalue weighted by Gasteiger charge is -2.05. The Morgan fingerprint density at radius 3 is 2.47 bits per heavy atom. The monoisotopic (exact) mass is 300 g/mol. The molecule has 0 fully saturated rings. The molecule has 100 valence electrons. The summed E-state index contributed by atoms with van der Waals surface area (Å²) in [6.07, 6.45) is 0.973. The summed E-state index contributed by atoms with van der Waals surface area (Å²) in [5, 5.41) is 12.2. The third kappa shape index (κ3) is 2.94. The molecule has 0 aliphatic rings. The van der Waals surface area contributed by atoms with Gasteiger partial charge in [0.2, 0.25) is 0 Å². The Labute approximate surface area is 113 Å². The molecule has 0 radical (unpaired) electrons. The number of carbonyl (C=O) groups is 1. The Balaban J connectivity index is 2.50. The summed E-state index contributed by atoms with van der Waals surface area (Å²) in [7, 11) is 1.07. The molecule has 0 spiro atoms. The van der Waals surface area contributed by atoms with Crippen molar-refractivity contribution in [2.45, 2.75) is 11.6 Å². The van der Waals surface area contributed by atoms with E-state index >= 15 is 0 Å². The number of nitrogens with zero attached hydrogens (tertiary/aromatic N) is 2. The minimum atomic E-state index is -4.19. The molecular formula is C11H9ClN2O4S. The van der Waals surface area contributed by atoms with E-state index in [1.54, 1.807) is 24.3 Å². The minimum Gasteiger partial charge on any atom is -0.478 e. The van der Waals surface area contributed by atoms with Crippen LogP contribution in [0.5, 0.6) is 0 Å². The number of halogens is 1. The fraction of sp³-hybridized carbons (Fsp3) is 0.0909. The van der Waals surface area contributed by atoms with Gasteiger partial charge >= 0.3 is 5.97 Å². The Morgan fingerprint density at radius 1 is 1.32 bits per heavy atom. The van der Waals surface area contributed by atoms with Gasteiger partial charge in [-0.25, -0.2) is 17.9 Å². The van der Waals surface area contributed by atoms with Crippen molar-refractivity contribution < 1.29 is 18.3 Å². The van der Waals surface area contributed by atoms with Gasteiger partial charge in [0, 0.05) is 10.7 Å². The van der Waals surface area contributed by atoms with Crippen LogP contribution in [0.25, 0.3) is 0 Å². The second-order valence-corrected chi connectivity index (χ2v) is 6.23. The summed E-state index contributed by atoms with van der Waals surface area (Å²) in [4.78, 5) is 11.0. The zero-order valence-corrected chi connectivity index (χ0v) is 11.1. The van der Waals surface area contributed by atoms with E-state index in [-0.39, 0.29) is 6.54 Å². The van der Waals surface area contributed by atoms with E-state index in [0.717, 1.165) is 16.4 Å². The topological polar surface area (TPSA) is 89.3 Å². The lowest BCUT2D eigenvalue weighted by molar-refractivity contribution is 0.0692. The number of aromatic carboxylic acids is 1. The van der Waals surface area contributed by atoms with E-state index in [4.69, 9.17) is 15.8 Å². The quantitative estimate of drug-likeness (QED) is 0.865. The molecule has 0 bridgehead atoms. The molecule has 0 unspecified atom stereocenters. The summed E-state index contributed by atoms with van der Waals surface area (Å²) in [5.41, 5.74) is 0.343. The Kier molecular flexibility index (Phi) is 3.59. The van der Waals surface area contributed by atoms with Gasteiger partial charge in [-0.3, -0.25) is 0 Å². The fourth-order valence-electron chi connectivity index (χ4n) is 1.65. The summed E-state index contributed by atoms with van der Waals surface area (Å²) in [5.74, 6) is -1.39. The highest BCUT2D eigenvalue weighted by Gasteiger charge is 2.26. The molecule has 0 aliphatic carbocycles. The molecule has 6 nitrogen and oxygen atoms in total. The first kappa shape index (κ1) is 13.6. The Hall–Kier alpha value is -1.86. The largest absolute Gasteiger partial charge is 0.478 e. The smallest absolute Gasteiger partial charge is 0.340 e. The van der Waals surface area contributed by atoms with Crippen LogP contribution in [-0.4, -0.2) is 29.3 Å². The zero-order chi connectivity index (χ0) is 14.0. The van der Waals surface area contributed by atoms with Gasteiger partial charge in [-0.15, -0.1) is 0 Å². The molecule has 0 atom stereocenters. The molecule has 19 heavy (non-hydrogen) atoms. The van der Waals surface area contributed by atoms with Crippen LogP contribution in [0.1, 0.15) is 15.9 Å². The van der Waals surface area contributed by atoms with E-state index < -0.39 is 25.6 Å². The first-order chi connectivity index (χ1) is 8.89. The van der Waals surface area contributed by atoms with Crippen molar-refractivity contribution in [3.05, 3.63) is 47.7 Å². The molecule has 1 aromatic carbocycles. The van der Waals surface area contributed by atoms with E-state index in [2.05, 4.69) is 5.10 Å². The second kappa shape index (κ2) is 5.02. The van der Waals surface area contributed by atoms with Crippen molar-refractivity contribution in [2.75, 3.05) is 0 Å². The molecule has 0 amide bonds. The average Bonchev–Trinajstić information content (AvgIpc) is 2.74. The molecular weight excluding hydrogens is 292 g/mol. The lowest BCUT2D eigenvalue weighted by Crippen LogP contribution is -2.11. The third-order valence-electron chi connectivity index (χ3n) is 2.43. The van der Waals surface area contributed by atoms with E-state index in [1.165, 1.54) is 0 Å². The number of rotatable bonds is 4. The molecule has 0 saturated heterocycles. The first-order valence-electron chi connectivity index (χ1n) is 5.17. The van der Waals surface area contributed by atoms with Crippen molar-refractivity contribution in [2.24, 2.45) is 0 Å². The zero-order valence-electron chi connectivity index (χ0n) is 9.52. The predicted molar refractivity (Wildman–Crippen MR) is 67.8 cm³/mol. The van der Waals surface area contributed by atoms with Crippen LogP contribution in [0.4, 0.5) is 0 Å². The number of carboxylic acid groups (broad SMARTS) is 1. The molecule has 2 aromatic rings. The highest BCUT2D eigenvalue weighted by molar-refractivity contribution is 8.13. The summed E-state index contributed by atoms with van der Waals surface area (Å²) in [6, 6.07) is 8.92. The van der Waals surface area contributed by atoms with Gasteiger partial charge in [0.05, 0.1) is 12.7 Å². The number of benzene rings is 1. The SMILES string of the molecule is O=C(O)c1cnn(Cc2ccccc2)c1S(=O)(=O)Cl. The Bertz CT molecular complexity index is 710. The van der Waals surface area contributed by atoms with Gasteiger partial charge < -0.3 is 5.11 Å². The second-order valence-electron chi connectivity index (χ2n) is 3.75. The van der Waals surface area contributed by atoms with Crippen molar-refractivity contribution in [1.29, 1.82) is 0 Å². The van der Waals surface area contributed by atoms with Gasteiger partial charge in [-0.1, -0.05) is 30.3 Å². The van der Waals surface area contributed by atoms with Crippen molar-refractivity contribution in [3.63, 3.8) is 0 Å². The predicted octanol–water partition coefficient (Wildman–Crippen LogP) is 1.56. The highest BCUT2D eigenvalue weighted by Crippen LogP contribution is 2.21. The number of aromatic nitrogens is 2. The number of carboxylic acids is 1. The number of hydrogen-bond acceptors (Lipinski definition) is 4. The fourth-order valence-corrected chi connectivity index (χ4v) is 2.90. The molecule has 8 heteroatoms. The van der Waals surface area contributed by atoms with Gasteiger partial charge in [0.25, 0.3) is 9.05 Å². The van der Waals surface area contributed by atoms with E-state index in [1.807, 2.05) is 6.07 Å². The molecule has 1 N–H and O–H groups in total. The normalized spacial score (nSPS) is 11.4. The first-order valence-corrected chi connectivity index (χ1v) is 7.48. The Morgan fingerprint density at radius 2 is 1.95 bits per heavy atom. The highest BCUT2D eigenvalue weighted by atomic mass is 35.7. The summed E-state index contributed by atoms with van der Waals surface area (Å²) < 4.78 is 24.0. The van der Waals surface area contributed by atoms with E-state index in [9.17, 15) is 13.2 Å². The van der Waals surface area contributed by atoms with Crippen molar-refractivity contribution >= 4 is 25.7 Å². The minimum absolute atomic E-state index is 0.120.